The normalized spacial score (nSPS) is 11.9. The minimum Gasteiger partial charge on any atom is -0.479 e. The zero-order chi connectivity index (χ0) is 11.6. The highest BCUT2D eigenvalue weighted by atomic mass is 16.4. The number of aliphatic hydroxyl groups is 1. The molecule has 0 saturated carbocycles. The maximum absolute atomic E-state index is 9.45. The van der Waals surface area contributed by atoms with E-state index in [1.807, 2.05) is 0 Å². The predicted molar refractivity (Wildman–Crippen MR) is 56.2 cm³/mol. The van der Waals surface area contributed by atoms with E-state index in [1.54, 1.807) is 0 Å². The Hall–Kier alpha value is -0.650. The number of nitrogens with two attached hydrogens (primary N) is 1. The van der Waals surface area contributed by atoms with E-state index in [2.05, 4.69) is 18.7 Å². The molecular weight excluding hydrogens is 184 g/mol. The quantitative estimate of drug-likeness (QED) is 0.577. The molecule has 0 rings (SSSR count). The van der Waals surface area contributed by atoms with Crippen molar-refractivity contribution in [2.75, 3.05) is 26.2 Å². The number of carbonyl (C=O) groups is 1. The fraction of sp³-hybridized carbons (Fsp3) is 0.889. The van der Waals surface area contributed by atoms with Crippen molar-refractivity contribution in [3.8, 4) is 0 Å². The second-order valence-electron chi connectivity index (χ2n) is 2.83. The zero-order valence-corrected chi connectivity index (χ0v) is 9.23. The van der Waals surface area contributed by atoms with E-state index in [0.717, 1.165) is 26.2 Å². The summed E-state index contributed by atoms with van der Waals surface area (Å²) in [4.78, 5) is 11.8. The first-order valence-corrected chi connectivity index (χ1v) is 4.82. The van der Waals surface area contributed by atoms with Crippen molar-refractivity contribution in [1.82, 2.24) is 4.90 Å². The summed E-state index contributed by atoms with van der Waals surface area (Å²) in [5.41, 5.74) is 5.34. The van der Waals surface area contributed by atoms with Gasteiger partial charge in [0, 0.05) is 13.1 Å². The van der Waals surface area contributed by atoms with Gasteiger partial charge in [0.2, 0.25) is 0 Å². The van der Waals surface area contributed by atoms with Crippen molar-refractivity contribution in [2.45, 2.75) is 26.9 Å². The molecule has 0 aromatic carbocycles. The lowest BCUT2D eigenvalue weighted by molar-refractivity contribution is -0.145. The molecule has 0 heterocycles. The fourth-order valence-electron chi connectivity index (χ4n) is 0.722. The number of rotatable bonds is 5. The van der Waals surface area contributed by atoms with Crippen molar-refractivity contribution in [3.63, 3.8) is 0 Å². The molecule has 1 unspecified atom stereocenters. The molecule has 4 N–H and O–H groups in total. The molecule has 0 bridgehead atoms. The Balaban J connectivity index is 0. The predicted octanol–water partition coefficient (Wildman–Crippen LogP) is -0.261. The Morgan fingerprint density at radius 2 is 1.79 bits per heavy atom. The third kappa shape index (κ3) is 11.4. The lowest BCUT2D eigenvalue weighted by atomic mass is 10.4. The average Bonchev–Trinajstić information content (AvgIpc) is 2.15. The van der Waals surface area contributed by atoms with Crippen LogP contribution in [0.2, 0.25) is 0 Å². The van der Waals surface area contributed by atoms with Crippen molar-refractivity contribution < 1.29 is 15.0 Å². The fourth-order valence-corrected chi connectivity index (χ4v) is 0.722. The smallest absolute Gasteiger partial charge is 0.332 e. The molecule has 5 nitrogen and oxygen atoms in total. The average molecular weight is 206 g/mol. The van der Waals surface area contributed by atoms with Crippen LogP contribution in [0, 0.1) is 0 Å². The van der Waals surface area contributed by atoms with Crippen molar-refractivity contribution in [1.29, 1.82) is 0 Å². The van der Waals surface area contributed by atoms with E-state index in [4.69, 9.17) is 15.9 Å². The monoisotopic (exact) mass is 206 g/mol. The highest BCUT2D eigenvalue weighted by Gasteiger charge is 2.01. The zero-order valence-electron chi connectivity index (χ0n) is 9.23. The molecule has 0 aliphatic rings. The van der Waals surface area contributed by atoms with Gasteiger partial charge in [0.1, 0.15) is 6.10 Å². The van der Waals surface area contributed by atoms with Gasteiger partial charge in [0.25, 0.3) is 0 Å². The summed E-state index contributed by atoms with van der Waals surface area (Å²) < 4.78 is 0. The number of hydrogen-bond acceptors (Lipinski definition) is 4. The molecule has 1 atom stereocenters. The van der Waals surface area contributed by atoms with Gasteiger partial charge in [-0.25, -0.2) is 4.79 Å². The number of aliphatic hydroxyl groups excluding tert-OH is 1. The third-order valence-electron chi connectivity index (χ3n) is 1.70. The van der Waals surface area contributed by atoms with E-state index in [0.29, 0.717) is 0 Å². The molecule has 0 spiro atoms. The second-order valence-corrected chi connectivity index (χ2v) is 2.83. The van der Waals surface area contributed by atoms with Crippen LogP contribution in [-0.4, -0.2) is 53.4 Å². The van der Waals surface area contributed by atoms with Gasteiger partial charge >= 0.3 is 5.97 Å². The number of aliphatic carboxylic acids is 1. The molecule has 0 aromatic rings. The Morgan fingerprint density at radius 1 is 1.43 bits per heavy atom. The van der Waals surface area contributed by atoms with Gasteiger partial charge in [-0.2, -0.15) is 0 Å². The molecule has 0 saturated heterocycles. The topological polar surface area (TPSA) is 86.8 Å². The van der Waals surface area contributed by atoms with Crippen LogP contribution in [0.4, 0.5) is 0 Å². The lowest BCUT2D eigenvalue weighted by Gasteiger charge is -2.15. The second kappa shape index (κ2) is 10.4. The van der Waals surface area contributed by atoms with Crippen molar-refractivity contribution >= 4 is 5.97 Å². The van der Waals surface area contributed by atoms with Gasteiger partial charge in [-0.1, -0.05) is 13.8 Å². The van der Waals surface area contributed by atoms with Crippen LogP contribution in [0.25, 0.3) is 0 Å². The Morgan fingerprint density at radius 3 is 1.86 bits per heavy atom. The standard InChI is InChI=1S/C6H16N2.C3H6O3/c1-3-8(4-2)6-5-7;1-2(4)3(5)6/h3-7H2,1-2H3;2,4H,1H3,(H,5,6). The van der Waals surface area contributed by atoms with Gasteiger partial charge in [-0.05, 0) is 20.0 Å². The number of carboxylic acid groups (broad SMARTS) is 1. The molecule has 0 fully saturated rings. The molecule has 5 heteroatoms. The Bertz CT molecular complexity index is 136. The molecule has 0 radical (unpaired) electrons. The van der Waals surface area contributed by atoms with Crippen LogP contribution in [-0.2, 0) is 4.79 Å². The summed E-state index contributed by atoms with van der Waals surface area (Å²) in [6.45, 7) is 9.55. The van der Waals surface area contributed by atoms with E-state index in [1.165, 1.54) is 6.92 Å². The molecule has 14 heavy (non-hydrogen) atoms. The lowest BCUT2D eigenvalue weighted by Crippen LogP contribution is -2.28. The summed E-state index contributed by atoms with van der Waals surface area (Å²) in [5, 5.41) is 15.8. The number of likely N-dealkylation sites (N-methyl/N-ethyl adjacent to an activating group) is 1. The van der Waals surface area contributed by atoms with Gasteiger partial charge in [0.05, 0.1) is 0 Å². The van der Waals surface area contributed by atoms with E-state index in [-0.39, 0.29) is 0 Å². The molecular formula is C9H22N2O3. The van der Waals surface area contributed by atoms with Gasteiger partial charge in [0.15, 0.2) is 0 Å². The van der Waals surface area contributed by atoms with Crippen LogP contribution in [0.5, 0.6) is 0 Å². The molecule has 0 aromatic heterocycles. The number of hydrogen-bond donors (Lipinski definition) is 3. The van der Waals surface area contributed by atoms with Crippen LogP contribution < -0.4 is 5.73 Å². The van der Waals surface area contributed by atoms with Crippen LogP contribution in [0.15, 0.2) is 0 Å². The highest BCUT2D eigenvalue weighted by Crippen LogP contribution is 1.81. The van der Waals surface area contributed by atoms with Gasteiger partial charge in [-0.3, -0.25) is 0 Å². The maximum Gasteiger partial charge on any atom is 0.332 e. The van der Waals surface area contributed by atoms with Crippen LogP contribution >= 0.6 is 0 Å². The summed E-state index contributed by atoms with van der Waals surface area (Å²) in [6, 6.07) is 0. The first kappa shape index (κ1) is 15.8. The van der Waals surface area contributed by atoms with Crippen molar-refractivity contribution in [3.05, 3.63) is 0 Å². The number of nitrogens with zero attached hydrogens (tertiary/aromatic N) is 1. The summed E-state index contributed by atoms with van der Waals surface area (Å²) >= 11 is 0. The van der Waals surface area contributed by atoms with E-state index < -0.39 is 12.1 Å². The molecule has 0 aliphatic heterocycles. The molecule has 0 aliphatic carbocycles. The summed E-state index contributed by atoms with van der Waals surface area (Å²) in [7, 11) is 0. The third-order valence-corrected chi connectivity index (χ3v) is 1.70. The minimum atomic E-state index is -1.23. The van der Waals surface area contributed by atoms with Crippen LogP contribution in [0.3, 0.4) is 0 Å². The first-order valence-electron chi connectivity index (χ1n) is 4.82. The first-order chi connectivity index (χ1) is 6.49. The largest absolute Gasteiger partial charge is 0.479 e. The minimum absolute atomic E-state index is 0.779. The SMILES string of the molecule is CC(O)C(=O)O.CCN(CC)CCN. The molecule has 0 amide bonds. The van der Waals surface area contributed by atoms with Gasteiger partial charge < -0.3 is 20.8 Å². The Labute approximate surface area is 85.5 Å². The van der Waals surface area contributed by atoms with E-state index >= 15 is 0 Å². The Kier molecular flexibility index (Phi) is 11.8. The van der Waals surface area contributed by atoms with Crippen molar-refractivity contribution in [2.24, 2.45) is 5.73 Å². The summed E-state index contributed by atoms with van der Waals surface area (Å²) in [6.07, 6.45) is -1.23. The van der Waals surface area contributed by atoms with Gasteiger partial charge in [-0.15, -0.1) is 0 Å². The number of carboxylic acids is 1. The maximum atomic E-state index is 9.45. The van der Waals surface area contributed by atoms with E-state index in [9.17, 15) is 4.79 Å². The highest BCUT2D eigenvalue weighted by molar-refractivity contribution is 5.71. The molecule has 86 valence electrons. The van der Waals surface area contributed by atoms with Crippen LogP contribution in [0.1, 0.15) is 20.8 Å². The summed E-state index contributed by atoms with van der Waals surface area (Å²) in [5.74, 6) is -1.19.